The summed E-state index contributed by atoms with van der Waals surface area (Å²) in [5, 5.41) is 8.97. The minimum atomic E-state index is -0.00579. The van der Waals surface area contributed by atoms with Gasteiger partial charge >= 0.3 is 6.03 Å². The number of hydrogen-bond donors (Lipinski definition) is 2. The van der Waals surface area contributed by atoms with Crippen LogP contribution in [0.4, 0.5) is 10.5 Å². The number of nitrogens with zero attached hydrogens (tertiary/aromatic N) is 2. The summed E-state index contributed by atoms with van der Waals surface area (Å²) >= 11 is 0. The molecule has 5 nitrogen and oxygen atoms in total. The first kappa shape index (κ1) is 17.9. The molecule has 0 atom stereocenters. The number of para-hydroxylation sites is 1. The lowest BCUT2D eigenvalue weighted by Gasteiger charge is -2.21. The van der Waals surface area contributed by atoms with Crippen LogP contribution in [0.25, 0.3) is 21.8 Å². The molecule has 0 bridgehead atoms. The predicted molar refractivity (Wildman–Crippen MR) is 113 cm³/mol. The van der Waals surface area contributed by atoms with Gasteiger partial charge in [-0.25, -0.2) is 4.79 Å². The number of rotatable bonds is 2. The SMILES string of the molecule is Cc1c(NC(=O)N2CCCNCC2)ccc2c1c1ccccc1n2C(C)C. The zero-order chi connectivity index (χ0) is 19.0. The molecule has 0 radical (unpaired) electrons. The van der Waals surface area contributed by atoms with Gasteiger partial charge in [0.15, 0.2) is 0 Å². The standard InChI is InChI=1S/C22H28N4O/c1-15(2)26-19-8-5-4-7-17(19)21-16(3)18(9-10-20(21)26)24-22(27)25-13-6-11-23-12-14-25/h4-5,7-10,15,23H,6,11-14H2,1-3H3,(H,24,27). The summed E-state index contributed by atoms with van der Waals surface area (Å²) in [5.41, 5.74) is 4.49. The van der Waals surface area contributed by atoms with Crippen LogP contribution in [-0.2, 0) is 0 Å². The molecule has 142 valence electrons. The summed E-state index contributed by atoms with van der Waals surface area (Å²) in [6, 6.07) is 13.1. The van der Waals surface area contributed by atoms with Gasteiger partial charge in [0.2, 0.25) is 0 Å². The van der Waals surface area contributed by atoms with Crippen LogP contribution in [0.1, 0.15) is 31.9 Å². The van der Waals surface area contributed by atoms with Crippen LogP contribution in [-0.4, -0.2) is 41.7 Å². The van der Waals surface area contributed by atoms with Crippen LogP contribution in [0.15, 0.2) is 36.4 Å². The lowest BCUT2D eigenvalue weighted by molar-refractivity contribution is 0.215. The second-order valence-corrected chi connectivity index (χ2v) is 7.63. The molecule has 2 aromatic carbocycles. The molecule has 2 heterocycles. The maximum Gasteiger partial charge on any atom is 0.321 e. The van der Waals surface area contributed by atoms with E-state index in [0.29, 0.717) is 6.04 Å². The predicted octanol–water partition coefficient (Wildman–Crippen LogP) is 4.51. The number of aryl methyl sites for hydroxylation is 1. The third kappa shape index (κ3) is 3.16. The monoisotopic (exact) mass is 364 g/mol. The van der Waals surface area contributed by atoms with Crippen molar-refractivity contribution in [1.29, 1.82) is 0 Å². The third-order valence-electron chi connectivity index (χ3n) is 5.52. The molecule has 3 aromatic rings. The molecule has 4 rings (SSSR count). The highest BCUT2D eigenvalue weighted by molar-refractivity contribution is 6.12. The van der Waals surface area contributed by atoms with Crippen molar-refractivity contribution in [1.82, 2.24) is 14.8 Å². The Hall–Kier alpha value is -2.53. The number of nitrogens with one attached hydrogen (secondary N) is 2. The van der Waals surface area contributed by atoms with E-state index in [1.54, 1.807) is 0 Å². The van der Waals surface area contributed by atoms with Gasteiger partial charge in [-0.05, 0) is 57.5 Å². The fourth-order valence-electron chi connectivity index (χ4n) is 4.20. The number of amides is 2. The van der Waals surface area contributed by atoms with Crippen LogP contribution < -0.4 is 10.6 Å². The molecule has 2 N–H and O–H groups in total. The smallest absolute Gasteiger partial charge is 0.321 e. The topological polar surface area (TPSA) is 49.3 Å². The van der Waals surface area contributed by atoms with Crippen LogP contribution in [0, 0.1) is 6.92 Å². The Morgan fingerprint density at radius 3 is 2.70 bits per heavy atom. The van der Waals surface area contributed by atoms with Gasteiger partial charge in [-0.1, -0.05) is 18.2 Å². The molecule has 0 aliphatic carbocycles. The summed E-state index contributed by atoms with van der Waals surface area (Å²) < 4.78 is 2.38. The lowest BCUT2D eigenvalue weighted by atomic mass is 10.1. The van der Waals surface area contributed by atoms with Gasteiger partial charge in [-0.15, -0.1) is 0 Å². The molecule has 0 unspecified atom stereocenters. The van der Waals surface area contributed by atoms with E-state index in [1.807, 2.05) is 11.0 Å². The molecule has 27 heavy (non-hydrogen) atoms. The Kier molecular flexibility index (Phi) is 4.79. The number of carbonyl (C=O) groups excluding carboxylic acids is 1. The Labute approximate surface area is 160 Å². The Balaban J connectivity index is 1.76. The van der Waals surface area contributed by atoms with E-state index in [9.17, 15) is 4.79 Å². The molecule has 1 aliphatic heterocycles. The van der Waals surface area contributed by atoms with Crippen molar-refractivity contribution in [3.8, 4) is 0 Å². The maximum absolute atomic E-state index is 12.8. The molecular formula is C22H28N4O. The van der Waals surface area contributed by atoms with Crippen molar-refractivity contribution in [3.63, 3.8) is 0 Å². The van der Waals surface area contributed by atoms with E-state index < -0.39 is 0 Å². The van der Waals surface area contributed by atoms with Gasteiger partial charge in [0, 0.05) is 53.2 Å². The number of hydrogen-bond acceptors (Lipinski definition) is 2. The Morgan fingerprint density at radius 2 is 1.89 bits per heavy atom. The van der Waals surface area contributed by atoms with Crippen molar-refractivity contribution in [2.45, 2.75) is 33.2 Å². The summed E-state index contributed by atoms with van der Waals surface area (Å²) in [7, 11) is 0. The van der Waals surface area contributed by atoms with Crippen LogP contribution >= 0.6 is 0 Å². The molecular weight excluding hydrogens is 336 g/mol. The molecule has 1 aliphatic rings. The number of urea groups is 1. The van der Waals surface area contributed by atoms with E-state index in [1.165, 1.54) is 21.8 Å². The van der Waals surface area contributed by atoms with E-state index in [2.05, 4.69) is 66.3 Å². The summed E-state index contributed by atoms with van der Waals surface area (Å²) in [6.45, 7) is 9.91. The van der Waals surface area contributed by atoms with E-state index in [-0.39, 0.29) is 6.03 Å². The van der Waals surface area contributed by atoms with Crippen molar-refractivity contribution in [2.24, 2.45) is 0 Å². The van der Waals surface area contributed by atoms with E-state index >= 15 is 0 Å². The number of carbonyl (C=O) groups is 1. The Morgan fingerprint density at radius 1 is 1.07 bits per heavy atom. The molecule has 1 aromatic heterocycles. The number of benzene rings is 2. The summed E-state index contributed by atoms with van der Waals surface area (Å²) in [6.07, 6.45) is 0.993. The summed E-state index contributed by atoms with van der Waals surface area (Å²) in [4.78, 5) is 14.7. The quantitative estimate of drug-likeness (QED) is 0.703. The van der Waals surface area contributed by atoms with Gasteiger partial charge < -0.3 is 20.1 Å². The van der Waals surface area contributed by atoms with Gasteiger partial charge in [0.25, 0.3) is 0 Å². The number of fused-ring (bicyclic) bond motifs is 3. The highest BCUT2D eigenvalue weighted by atomic mass is 16.2. The zero-order valence-electron chi connectivity index (χ0n) is 16.4. The third-order valence-corrected chi connectivity index (χ3v) is 5.52. The van der Waals surface area contributed by atoms with Crippen LogP contribution in [0.2, 0.25) is 0 Å². The number of aromatic nitrogens is 1. The van der Waals surface area contributed by atoms with Crippen molar-refractivity contribution < 1.29 is 4.79 Å². The normalized spacial score (nSPS) is 15.5. The van der Waals surface area contributed by atoms with Crippen molar-refractivity contribution >= 4 is 33.5 Å². The van der Waals surface area contributed by atoms with Gasteiger partial charge in [-0.2, -0.15) is 0 Å². The first-order chi connectivity index (χ1) is 13.1. The molecule has 5 heteroatoms. The lowest BCUT2D eigenvalue weighted by Crippen LogP contribution is -2.37. The first-order valence-electron chi connectivity index (χ1n) is 9.87. The van der Waals surface area contributed by atoms with Crippen molar-refractivity contribution in [2.75, 3.05) is 31.5 Å². The molecule has 2 amide bonds. The van der Waals surface area contributed by atoms with E-state index in [4.69, 9.17) is 0 Å². The molecule has 1 fully saturated rings. The van der Waals surface area contributed by atoms with E-state index in [0.717, 1.165) is 43.9 Å². The van der Waals surface area contributed by atoms with Crippen molar-refractivity contribution in [3.05, 3.63) is 42.0 Å². The average molecular weight is 364 g/mol. The minimum absolute atomic E-state index is 0.00579. The minimum Gasteiger partial charge on any atom is -0.338 e. The zero-order valence-corrected chi connectivity index (χ0v) is 16.4. The van der Waals surface area contributed by atoms with Crippen LogP contribution in [0.5, 0.6) is 0 Å². The maximum atomic E-state index is 12.8. The second-order valence-electron chi connectivity index (χ2n) is 7.63. The number of anilines is 1. The molecule has 0 saturated carbocycles. The first-order valence-corrected chi connectivity index (χ1v) is 9.87. The van der Waals surface area contributed by atoms with Gasteiger partial charge in [-0.3, -0.25) is 0 Å². The fraction of sp³-hybridized carbons (Fsp3) is 0.409. The largest absolute Gasteiger partial charge is 0.338 e. The van der Waals surface area contributed by atoms with Gasteiger partial charge in [0.1, 0.15) is 0 Å². The highest BCUT2D eigenvalue weighted by Crippen LogP contribution is 2.36. The highest BCUT2D eigenvalue weighted by Gasteiger charge is 2.19. The fourth-order valence-corrected chi connectivity index (χ4v) is 4.20. The van der Waals surface area contributed by atoms with Crippen LogP contribution in [0.3, 0.4) is 0 Å². The Bertz CT molecular complexity index is 981. The second kappa shape index (κ2) is 7.24. The molecule has 0 spiro atoms. The molecule has 1 saturated heterocycles. The average Bonchev–Trinajstić information content (AvgIpc) is 2.80. The summed E-state index contributed by atoms with van der Waals surface area (Å²) in [5.74, 6) is 0. The van der Waals surface area contributed by atoms with Gasteiger partial charge in [0.05, 0.1) is 0 Å².